The molecule has 1 atom stereocenters. The number of aliphatic carboxylic acids is 1. The van der Waals surface area contributed by atoms with Crippen LogP contribution in [0.2, 0.25) is 0 Å². The predicted molar refractivity (Wildman–Crippen MR) is 137 cm³/mol. The fraction of sp³-hybridized carbons (Fsp3) is 0.552. The van der Waals surface area contributed by atoms with Crippen molar-refractivity contribution in [3.8, 4) is 0 Å². The standard InChI is InChI=1S/C29H42N2O2/c1-3-5-7-9-11-14-20-26(25-18-15-12-16-19-25)21-27(29(32)33)28-30-22-24(23-31-28)17-13-10-8-6-4-2/h12,15-16,18-19,21-23,26H,3-11,13-14,17,20H2,1-2H3,(H,32,33)/b27-21+. The van der Waals surface area contributed by atoms with E-state index in [-0.39, 0.29) is 11.5 Å². The summed E-state index contributed by atoms with van der Waals surface area (Å²) >= 11 is 0. The number of hydrogen-bond acceptors (Lipinski definition) is 3. The highest BCUT2D eigenvalue weighted by Crippen LogP contribution is 2.28. The zero-order valence-electron chi connectivity index (χ0n) is 20.6. The molecule has 4 nitrogen and oxygen atoms in total. The lowest BCUT2D eigenvalue weighted by Crippen LogP contribution is -2.08. The Labute approximate surface area is 200 Å². The molecule has 0 aliphatic carbocycles. The maximum absolute atomic E-state index is 12.1. The van der Waals surface area contributed by atoms with Gasteiger partial charge in [0.05, 0.1) is 0 Å². The largest absolute Gasteiger partial charge is 0.478 e. The second-order valence-corrected chi connectivity index (χ2v) is 9.04. The van der Waals surface area contributed by atoms with Crippen LogP contribution >= 0.6 is 0 Å². The molecular weight excluding hydrogens is 408 g/mol. The molecule has 2 rings (SSSR count). The summed E-state index contributed by atoms with van der Waals surface area (Å²) in [4.78, 5) is 21.0. The van der Waals surface area contributed by atoms with Crippen LogP contribution in [0.5, 0.6) is 0 Å². The summed E-state index contributed by atoms with van der Waals surface area (Å²) in [6.07, 6.45) is 20.8. The number of hydrogen-bond donors (Lipinski definition) is 1. The molecule has 0 fully saturated rings. The van der Waals surface area contributed by atoms with Gasteiger partial charge in [-0.3, -0.25) is 0 Å². The summed E-state index contributed by atoms with van der Waals surface area (Å²) < 4.78 is 0. The number of allylic oxidation sites excluding steroid dienone is 1. The van der Waals surface area contributed by atoms with Gasteiger partial charge in [-0.1, -0.05) is 114 Å². The summed E-state index contributed by atoms with van der Waals surface area (Å²) in [7, 11) is 0. The Balaban J connectivity index is 2.09. The maximum atomic E-state index is 12.1. The summed E-state index contributed by atoms with van der Waals surface area (Å²) in [6, 6.07) is 10.2. The van der Waals surface area contributed by atoms with Crippen LogP contribution in [0.25, 0.3) is 5.57 Å². The molecule has 0 radical (unpaired) electrons. The lowest BCUT2D eigenvalue weighted by molar-refractivity contribution is -0.130. The second-order valence-electron chi connectivity index (χ2n) is 9.04. The Morgan fingerprint density at radius 2 is 1.42 bits per heavy atom. The normalized spacial score (nSPS) is 12.6. The van der Waals surface area contributed by atoms with E-state index in [9.17, 15) is 9.90 Å². The highest BCUT2D eigenvalue weighted by atomic mass is 16.4. The summed E-state index contributed by atoms with van der Waals surface area (Å²) in [5, 5.41) is 9.94. The van der Waals surface area contributed by atoms with Crippen LogP contribution in [0, 0.1) is 0 Å². The molecule has 0 aliphatic rings. The van der Waals surface area contributed by atoms with Gasteiger partial charge < -0.3 is 5.11 Å². The molecule has 1 N–H and O–H groups in total. The minimum Gasteiger partial charge on any atom is -0.478 e. The lowest BCUT2D eigenvalue weighted by atomic mass is 9.90. The van der Waals surface area contributed by atoms with Crippen LogP contribution in [0.15, 0.2) is 48.8 Å². The lowest BCUT2D eigenvalue weighted by Gasteiger charge is -2.15. The van der Waals surface area contributed by atoms with Crippen LogP contribution in [0.4, 0.5) is 0 Å². The smallest absolute Gasteiger partial charge is 0.339 e. The first-order valence-corrected chi connectivity index (χ1v) is 13.0. The Hall–Kier alpha value is -2.49. The number of unbranched alkanes of at least 4 members (excludes halogenated alkanes) is 9. The number of carboxylic acid groups (broad SMARTS) is 1. The number of aryl methyl sites for hydroxylation is 1. The average molecular weight is 451 g/mol. The minimum atomic E-state index is -0.966. The molecule has 2 aromatic rings. The van der Waals surface area contributed by atoms with Crippen molar-refractivity contribution in [2.45, 2.75) is 103 Å². The third-order valence-electron chi connectivity index (χ3n) is 6.21. The Morgan fingerprint density at radius 1 is 0.848 bits per heavy atom. The fourth-order valence-electron chi connectivity index (χ4n) is 4.19. The van der Waals surface area contributed by atoms with Crippen molar-refractivity contribution < 1.29 is 9.90 Å². The van der Waals surface area contributed by atoms with E-state index in [2.05, 4.69) is 35.9 Å². The van der Waals surface area contributed by atoms with Gasteiger partial charge in [0, 0.05) is 18.3 Å². The Morgan fingerprint density at radius 3 is 2.03 bits per heavy atom. The third-order valence-corrected chi connectivity index (χ3v) is 6.21. The summed E-state index contributed by atoms with van der Waals surface area (Å²) in [6.45, 7) is 4.45. The van der Waals surface area contributed by atoms with Crippen molar-refractivity contribution in [1.82, 2.24) is 9.97 Å². The highest BCUT2D eigenvalue weighted by molar-refractivity contribution is 6.14. The van der Waals surface area contributed by atoms with E-state index < -0.39 is 5.97 Å². The summed E-state index contributed by atoms with van der Waals surface area (Å²) in [5.41, 5.74) is 2.42. The number of carboxylic acids is 1. The molecule has 0 saturated carbocycles. The van der Waals surface area contributed by atoms with Gasteiger partial charge in [-0.2, -0.15) is 0 Å². The van der Waals surface area contributed by atoms with Gasteiger partial charge in [0.25, 0.3) is 0 Å². The monoisotopic (exact) mass is 450 g/mol. The topological polar surface area (TPSA) is 63.1 Å². The van der Waals surface area contributed by atoms with Gasteiger partial charge in [0.15, 0.2) is 5.82 Å². The van der Waals surface area contributed by atoms with Crippen LogP contribution in [-0.4, -0.2) is 21.0 Å². The third kappa shape index (κ3) is 10.3. The molecule has 33 heavy (non-hydrogen) atoms. The van der Waals surface area contributed by atoms with Gasteiger partial charge in [-0.05, 0) is 30.4 Å². The van der Waals surface area contributed by atoms with Gasteiger partial charge >= 0.3 is 5.97 Å². The molecule has 4 heteroatoms. The number of carbonyl (C=O) groups is 1. The molecule has 180 valence electrons. The summed E-state index contributed by atoms with van der Waals surface area (Å²) in [5.74, 6) is -0.613. The van der Waals surface area contributed by atoms with Gasteiger partial charge in [-0.15, -0.1) is 0 Å². The predicted octanol–water partition coefficient (Wildman–Crippen LogP) is 7.99. The highest BCUT2D eigenvalue weighted by Gasteiger charge is 2.18. The van der Waals surface area contributed by atoms with Crippen LogP contribution in [0.3, 0.4) is 0 Å². The Bertz CT molecular complexity index is 815. The van der Waals surface area contributed by atoms with Gasteiger partial charge in [0.1, 0.15) is 5.57 Å². The van der Waals surface area contributed by atoms with E-state index in [1.807, 2.05) is 24.3 Å². The number of aromatic nitrogens is 2. The quantitative estimate of drug-likeness (QED) is 0.196. The zero-order chi connectivity index (χ0) is 23.7. The minimum absolute atomic E-state index is 0.0466. The second kappa shape index (κ2) is 16.2. The molecule has 1 unspecified atom stereocenters. The molecule has 0 aliphatic heterocycles. The van der Waals surface area contributed by atoms with Crippen molar-refractivity contribution in [2.24, 2.45) is 0 Å². The molecule has 1 heterocycles. The first-order chi connectivity index (χ1) is 16.2. The van der Waals surface area contributed by atoms with Crippen LogP contribution in [-0.2, 0) is 11.2 Å². The SMILES string of the molecule is CCCCCCCCC(/C=C(/C(=O)O)c1ncc(CCCCCCC)cn1)c1ccccc1. The van der Waals surface area contributed by atoms with E-state index in [0.29, 0.717) is 5.82 Å². The zero-order valence-corrected chi connectivity index (χ0v) is 20.6. The molecule has 1 aromatic carbocycles. The van der Waals surface area contributed by atoms with E-state index >= 15 is 0 Å². The van der Waals surface area contributed by atoms with Crippen molar-refractivity contribution in [3.05, 3.63) is 65.8 Å². The number of rotatable bonds is 17. The van der Waals surface area contributed by atoms with E-state index in [1.165, 1.54) is 57.8 Å². The van der Waals surface area contributed by atoms with Crippen LogP contribution in [0.1, 0.15) is 114 Å². The van der Waals surface area contributed by atoms with Gasteiger partial charge in [0.2, 0.25) is 0 Å². The number of benzene rings is 1. The van der Waals surface area contributed by atoms with Crippen molar-refractivity contribution in [3.63, 3.8) is 0 Å². The Kier molecular flexibility index (Phi) is 13.1. The maximum Gasteiger partial charge on any atom is 0.339 e. The first-order valence-electron chi connectivity index (χ1n) is 13.0. The molecule has 1 aromatic heterocycles. The first kappa shape index (κ1) is 26.8. The van der Waals surface area contributed by atoms with Crippen LogP contribution < -0.4 is 0 Å². The molecule has 0 amide bonds. The number of nitrogens with zero attached hydrogens (tertiary/aromatic N) is 2. The van der Waals surface area contributed by atoms with Crippen molar-refractivity contribution >= 4 is 11.5 Å². The molecule has 0 bridgehead atoms. The average Bonchev–Trinajstić information content (AvgIpc) is 2.84. The van der Waals surface area contributed by atoms with Gasteiger partial charge in [-0.25, -0.2) is 14.8 Å². The van der Waals surface area contributed by atoms with E-state index in [4.69, 9.17) is 0 Å². The van der Waals surface area contributed by atoms with E-state index in [0.717, 1.165) is 36.8 Å². The molecule has 0 spiro atoms. The molecular formula is C29H42N2O2. The molecule has 0 saturated heterocycles. The van der Waals surface area contributed by atoms with Crippen molar-refractivity contribution in [2.75, 3.05) is 0 Å². The van der Waals surface area contributed by atoms with Crippen molar-refractivity contribution in [1.29, 1.82) is 0 Å². The fourth-order valence-corrected chi connectivity index (χ4v) is 4.19. The van der Waals surface area contributed by atoms with E-state index in [1.54, 1.807) is 12.4 Å².